The number of rotatable bonds is 2. The Bertz CT molecular complexity index is 499. The summed E-state index contributed by atoms with van der Waals surface area (Å²) in [6, 6.07) is 0. The Morgan fingerprint density at radius 1 is 1.33 bits per heavy atom. The first kappa shape index (κ1) is 12.1. The average Bonchev–Trinajstić information content (AvgIpc) is 2.38. The Labute approximate surface area is 91.4 Å². The van der Waals surface area contributed by atoms with Crippen molar-refractivity contribution in [1.82, 2.24) is 0 Å². The number of furan rings is 1. The number of ether oxygens (including phenoxy) is 1. The quantitative estimate of drug-likeness (QED) is 0.591. The van der Waals surface area contributed by atoms with Crippen LogP contribution in [-0.4, -0.2) is 21.5 Å². The first-order valence-electron chi connectivity index (χ1n) is 3.92. The van der Waals surface area contributed by atoms with E-state index in [0.29, 0.717) is 0 Å². The zero-order valence-electron chi connectivity index (χ0n) is 8.33. The first-order chi connectivity index (χ1) is 6.79. The van der Waals surface area contributed by atoms with E-state index in [-0.39, 0.29) is 22.0 Å². The highest BCUT2D eigenvalue weighted by Crippen LogP contribution is 2.29. The fourth-order valence-corrected chi connectivity index (χ4v) is 2.71. The monoisotopic (exact) mass is 252 g/mol. The van der Waals surface area contributed by atoms with Crippen molar-refractivity contribution in [3.8, 4) is 0 Å². The number of esters is 1. The van der Waals surface area contributed by atoms with E-state index in [9.17, 15) is 13.2 Å². The smallest absolute Gasteiger partial charge is 0.342 e. The van der Waals surface area contributed by atoms with Crippen LogP contribution in [0.3, 0.4) is 0 Å². The zero-order chi connectivity index (χ0) is 11.8. The molecule has 0 unspecified atom stereocenters. The molecule has 0 aliphatic heterocycles. The van der Waals surface area contributed by atoms with Crippen LogP contribution in [0.4, 0.5) is 0 Å². The number of halogens is 1. The summed E-state index contributed by atoms with van der Waals surface area (Å²) in [4.78, 5) is 11.0. The lowest BCUT2D eigenvalue weighted by molar-refractivity contribution is 0.0595. The van der Waals surface area contributed by atoms with Crippen molar-refractivity contribution in [2.24, 2.45) is 0 Å². The Balaban J connectivity index is 3.58. The summed E-state index contributed by atoms with van der Waals surface area (Å²) in [5.41, 5.74) is -0.148. The molecule has 15 heavy (non-hydrogen) atoms. The van der Waals surface area contributed by atoms with Crippen LogP contribution in [-0.2, 0) is 13.8 Å². The molecule has 0 aromatic carbocycles. The number of carbonyl (C=O) groups excluding carboxylic acids is 1. The molecule has 1 rings (SSSR count). The van der Waals surface area contributed by atoms with Crippen molar-refractivity contribution in [3.63, 3.8) is 0 Å². The fourth-order valence-electron chi connectivity index (χ4n) is 1.30. The molecule has 0 amide bonds. The van der Waals surface area contributed by atoms with Crippen molar-refractivity contribution >= 4 is 25.7 Å². The van der Waals surface area contributed by atoms with Gasteiger partial charge in [0, 0.05) is 10.7 Å². The van der Waals surface area contributed by atoms with Gasteiger partial charge in [-0.05, 0) is 13.8 Å². The van der Waals surface area contributed by atoms with Crippen LogP contribution in [0.2, 0.25) is 0 Å². The van der Waals surface area contributed by atoms with Crippen LogP contribution in [0.15, 0.2) is 9.31 Å². The molecule has 0 fully saturated rings. The number of aryl methyl sites for hydroxylation is 2. The predicted molar refractivity (Wildman–Crippen MR) is 52.6 cm³/mol. The number of carbonyl (C=O) groups is 1. The molecule has 1 heterocycles. The summed E-state index contributed by atoms with van der Waals surface area (Å²) >= 11 is 0. The highest BCUT2D eigenvalue weighted by Gasteiger charge is 2.29. The summed E-state index contributed by atoms with van der Waals surface area (Å²) in [5.74, 6) is -0.551. The van der Waals surface area contributed by atoms with Gasteiger partial charge in [-0.3, -0.25) is 0 Å². The third-order valence-electron chi connectivity index (χ3n) is 1.84. The SMILES string of the molecule is COC(=O)c1c(C)oc(C)c1S(=O)(=O)Cl. The number of hydrogen-bond donors (Lipinski definition) is 0. The van der Waals surface area contributed by atoms with E-state index in [0.717, 1.165) is 7.11 Å². The molecule has 84 valence electrons. The summed E-state index contributed by atoms with van der Waals surface area (Å²) in [6.45, 7) is 2.87. The van der Waals surface area contributed by atoms with Gasteiger partial charge in [0.15, 0.2) is 0 Å². The Hall–Kier alpha value is -1.01. The highest BCUT2D eigenvalue weighted by molar-refractivity contribution is 8.13. The van der Waals surface area contributed by atoms with E-state index >= 15 is 0 Å². The van der Waals surface area contributed by atoms with Crippen molar-refractivity contribution in [2.75, 3.05) is 7.11 Å². The summed E-state index contributed by atoms with van der Waals surface area (Å²) in [5, 5.41) is 0. The highest BCUT2D eigenvalue weighted by atomic mass is 35.7. The van der Waals surface area contributed by atoms with E-state index in [1.165, 1.54) is 13.8 Å². The van der Waals surface area contributed by atoms with E-state index in [4.69, 9.17) is 15.1 Å². The molecule has 0 aliphatic rings. The Morgan fingerprint density at radius 3 is 2.27 bits per heavy atom. The molecule has 1 aromatic heterocycles. The van der Waals surface area contributed by atoms with Crippen LogP contribution in [0.25, 0.3) is 0 Å². The van der Waals surface area contributed by atoms with Gasteiger partial charge in [-0.2, -0.15) is 0 Å². The van der Waals surface area contributed by atoms with Gasteiger partial charge >= 0.3 is 5.97 Å². The van der Waals surface area contributed by atoms with Gasteiger partial charge < -0.3 is 9.15 Å². The molecule has 0 aliphatic carbocycles. The molecule has 0 spiro atoms. The van der Waals surface area contributed by atoms with Crippen molar-refractivity contribution in [2.45, 2.75) is 18.7 Å². The average molecular weight is 253 g/mol. The van der Waals surface area contributed by atoms with Gasteiger partial charge in [-0.25, -0.2) is 13.2 Å². The minimum absolute atomic E-state index is 0.0721. The maximum Gasteiger partial charge on any atom is 0.342 e. The van der Waals surface area contributed by atoms with Gasteiger partial charge in [0.25, 0.3) is 9.05 Å². The molecular weight excluding hydrogens is 244 g/mol. The molecule has 5 nitrogen and oxygen atoms in total. The van der Waals surface area contributed by atoms with E-state index in [2.05, 4.69) is 4.74 Å². The summed E-state index contributed by atoms with van der Waals surface area (Å²) in [6.07, 6.45) is 0. The molecule has 7 heteroatoms. The van der Waals surface area contributed by atoms with Gasteiger partial charge in [-0.15, -0.1) is 0 Å². The lowest BCUT2D eigenvalue weighted by Gasteiger charge is -1.99. The van der Waals surface area contributed by atoms with Crippen molar-refractivity contribution < 1.29 is 22.4 Å². The van der Waals surface area contributed by atoms with Crippen molar-refractivity contribution in [3.05, 3.63) is 17.1 Å². The molecule has 0 N–H and O–H groups in total. The molecule has 0 saturated heterocycles. The van der Waals surface area contributed by atoms with Gasteiger partial charge in [0.2, 0.25) is 0 Å². The molecular formula is C8H9ClO5S. The standard InChI is InChI=1S/C8H9ClO5S/c1-4-6(8(10)13-3)7(5(2)14-4)15(9,11)12/h1-3H3. The third kappa shape index (κ3) is 2.15. The molecule has 0 bridgehead atoms. The zero-order valence-corrected chi connectivity index (χ0v) is 9.90. The molecule has 0 saturated carbocycles. The second-order valence-corrected chi connectivity index (χ2v) is 5.35. The predicted octanol–water partition coefficient (Wildman–Crippen LogP) is 1.61. The molecule has 0 radical (unpaired) electrons. The topological polar surface area (TPSA) is 73.6 Å². The van der Waals surface area contributed by atoms with Crippen LogP contribution in [0, 0.1) is 13.8 Å². The van der Waals surface area contributed by atoms with Crippen LogP contribution in [0.1, 0.15) is 21.9 Å². The number of methoxy groups -OCH3 is 1. The minimum atomic E-state index is -4.02. The van der Waals surface area contributed by atoms with Crippen molar-refractivity contribution in [1.29, 1.82) is 0 Å². The maximum atomic E-state index is 11.3. The first-order valence-corrected chi connectivity index (χ1v) is 6.23. The third-order valence-corrected chi connectivity index (χ3v) is 3.28. The second kappa shape index (κ2) is 3.86. The van der Waals surface area contributed by atoms with E-state index < -0.39 is 15.0 Å². The minimum Gasteiger partial charge on any atom is -0.465 e. The normalized spacial score (nSPS) is 11.5. The van der Waals surface area contributed by atoms with Gasteiger partial charge in [0.05, 0.1) is 7.11 Å². The lowest BCUT2D eigenvalue weighted by Crippen LogP contribution is -2.07. The Morgan fingerprint density at radius 2 is 1.87 bits per heavy atom. The Kier molecular flexibility index (Phi) is 3.11. The van der Waals surface area contributed by atoms with Gasteiger partial charge in [0.1, 0.15) is 22.0 Å². The lowest BCUT2D eigenvalue weighted by atomic mass is 10.2. The van der Waals surface area contributed by atoms with Crippen LogP contribution >= 0.6 is 10.7 Å². The maximum absolute atomic E-state index is 11.3. The van der Waals surface area contributed by atoms with Crippen LogP contribution in [0.5, 0.6) is 0 Å². The largest absolute Gasteiger partial charge is 0.465 e. The fraction of sp³-hybridized carbons (Fsp3) is 0.375. The van der Waals surface area contributed by atoms with E-state index in [1.807, 2.05) is 0 Å². The molecule has 1 aromatic rings. The number of hydrogen-bond acceptors (Lipinski definition) is 5. The molecule has 0 atom stereocenters. The van der Waals surface area contributed by atoms with Gasteiger partial charge in [-0.1, -0.05) is 0 Å². The summed E-state index contributed by atoms with van der Waals surface area (Å²) < 4.78 is 31.9. The van der Waals surface area contributed by atoms with E-state index in [1.54, 1.807) is 0 Å². The van der Waals surface area contributed by atoms with Crippen LogP contribution < -0.4 is 0 Å². The second-order valence-electron chi connectivity index (χ2n) is 2.85. The summed E-state index contributed by atoms with van der Waals surface area (Å²) in [7, 11) is 2.31.